The van der Waals surface area contributed by atoms with Gasteiger partial charge in [-0.25, -0.2) is 0 Å². The van der Waals surface area contributed by atoms with Gasteiger partial charge in [-0.15, -0.1) is 0 Å². The lowest BCUT2D eigenvalue weighted by Gasteiger charge is -2.22. The summed E-state index contributed by atoms with van der Waals surface area (Å²) in [7, 11) is 2.14. The zero-order valence-corrected chi connectivity index (χ0v) is 12.7. The van der Waals surface area contributed by atoms with Crippen LogP contribution < -0.4 is 0 Å². The Morgan fingerprint density at radius 1 is 1.11 bits per heavy atom. The highest BCUT2D eigenvalue weighted by Gasteiger charge is 2.10. The summed E-state index contributed by atoms with van der Waals surface area (Å²) in [4.78, 5) is 2.31. The summed E-state index contributed by atoms with van der Waals surface area (Å²) < 4.78 is 11.1. The van der Waals surface area contributed by atoms with Crippen molar-refractivity contribution in [1.29, 1.82) is 0 Å². The van der Waals surface area contributed by atoms with E-state index < -0.39 is 0 Å². The molecule has 0 N–H and O–H groups in total. The Morgan fingerprint density at radius 3 is 2.32 bits per heavy atom. The molecule has 0 amide bonds. The minimum atomic E-state index is -0.0747. The lowest BCUT2D eigenvalue weighted by atomic mass is 10.1. The molecular formula is C16H27NO2. The molecule has 0 aliphatic rings. The van der Waals surface area contributed by atoms with Crippen molar-refractivity contribution >= 4 is 0 Å². The molecule has 0 aromatic heterocycles. The molecule has 0 unspecified atom stereocenters. The molecule has 0 saturated carbocycles. The number of benzene rings is 1. The third kappa shape index (κ3) is 6.19. The highest BCUT2D eigenvalue weighted by molar-refractivity contribution is 5.25. The molecule has 3 nitrogen and oxygen atoms in total. The predicted molar refractivity (Wildman–Crippen MR) is 79.2 cm³/mol. The summed E-state index contributed by atoms with van der Waals surface area (Å²) >= 11 is 0. The van der Waals surface area contributed by atoms with Crippen LogP contribution in [0.25, 0.3) is 0 Å². The molecule has 1 aromatic carbocycles. The van der Waals surface area contributed by atoms with Crippen LogP contribution in [0.1, 0.15) is 31.4 Å². The van der Waals surface area contributed by atoms with Crippen molar-refractivity contribution < 1.29 is 9.47 Å². The largest absolute Gasteiger partial charge is 0.353 e. The minimum absolute atomic E-state index is 0.0747. The van der Waals surface area contributed by atoms with Gasteiger partial charge in [-0.2, -0.15) is 0 Å². The maximum Gasteiger partial charge on any atom is 0.158 e. The molecule has 0 fully saturated rings. The van der Waals surface area contributed by atoms with Crippen LogP contribution in [0.2, 0.25) is 0 Å². The van der Waals surface area contributed by atoms with Gasteiger partial charge in [0.1, 0.15) is 0 Å². The van der Waals surface area contributed by atoms with Crippen molar-refractivity contribution in [3.63, 3.8) is 0 Å². The summed E-state index contributed by atoms with van der Waals surface area (Å²) in [5.74, 6) is 0. The number of aryl methyl sites for hydroxylation is 1. The topological polar surface area (TPSA) is 21.7 Å². The summed E-state index contributed by atoms with van der Waals surface area (Å²) in [6, 6.07) is 8.53. The maximum absolute atomic E-state index is 5.56. The number of rotatable bonds is 9. The van der Waals surface area contributed by atoms with Crippen molar-refractivity contribution in [3.8, 4) is 0 Å². The van der Waals surface area contributed by atoms with E-state index in [1.807, 2.05) is 13.8 Å². The van der Waals surface area contributed by atoms with Crippen molar-refractivity contribution in [1.82, 2.24) is 4.90 Å². The molecule has 108 valence electrons. The Balaban J connectivity index is 2.38. The van der Waals surface area contributed by atoms with E-state index in [9.17, 15) is 0 Å². The normalized spacial score (nSPS) is 11.5. The molecule has 0 atom stereocenters. The SMILES string of the molecule is CCOC(CCN(C)Cc1ccccc1C)OCC. The highest BCUT2D eigenvalue weighted by atomic mass is 16.7. The first-order chi connectivity index (χ1) is 9.17. The van der Waals surface area contributed by atoms with E-state index >= 15 is 0 Å². The van der Waals surface area contributed by atoms with Crippen LogP contribution in [0.5, 0.6) is 0 Å². The third-order valence-corrected chi connectivity index (χ3v) is 3.15. The van der Waals surface area contributed by atoms with Gasteiger partial charge in [-0.05, 0) is 38.9 Å². The number of hydrogen-bond donors (Lipinski definition) is 0. The molecule has 3 heteroatoms. The van der Waals surface area contributed by atoms with Gasteiger partial charge >= 0.3 is 0 Å². The molecule has 0 aliphatic heterocycles. The van der Waals surface area contributed by atoms with Crippen LogP contribution in [0.15, 0.2) is 24.3 Å². The standard InChI is InChI=1S/C16H27NO2/c1-5-18-16(19-6-2)11-12-17(4)13-15-10-8-7-9-14(15)3/h7-10,16H,5-6,11-13H2,1-4H3. The molecule has 0 heterocycles. The highest BCUT2D eigenvalue weighted by Crippen LogP contribution is 2.10. The third-order valence-electron chi connectivity index (χ3n) is 3.15. The summed E-state index contributed by atoms with van der Waals surface area (Å²) in [5.41, 5.74) is 2.73. The van der Waals surface area contributed by atoms with Gasteiger partial charge in [-0.1, -0.05) is 24.3 Å². The van der Waals surface area contributed by atoms with Gasteiger partial charge in [0.25, 0.3) is 0 Å². The first kappa shape index (κ1) is 16.2. The minimum Gasteiger partial charge on any atom is -0.353 e. The van der Waals surface area contributed by atoms with Crippen LogP contribution in [-0.2, 0) is 16.0 Å². The number of hydrogen-bond acceptors (Lipinski definition) is 3. The number of nitrogens with zero attached hydrogens (tertiary/aromatic N) is 1. The van der Waals surface area contributed by atoms with Crippen molar-refractivity contribution in [2.75, 3.05) is 26.8 Å². The summed E-state index contributed by atoms with van der Waals surface area (Å²) in [6.07, 6.45) is 0.832. The van der Waals surface area contributed by atoms with Gasteiger partial charge in [0.2, 0.25) is 0 Å². The molecule has 0 bridgehead atoms. The van der Waals surface area contributed by atoms with Crippen LogP contribution in [0, 0.1) is 6.92 Å². The van der Waals surface area contributed by atoms with E-state index in [-0.39, 0.29) is 6.29 Å². The zero-order valence-electron chi connectivity index (χ0n) is 12.7. The Labute approximate surface area is 117 Å². The Hall–Kier alpha value is -0.900. The quantitative estimate of drug-likeness (QED) is 0.640. The summed E-state index contributed by atoms with van der Waals surface area (Å²) in [6.45, 7) is 9.51. The molecule has 1 rings (SSSR count). The van der Waals surface area contributed by atoms with Crippen LogP contribution in [0.4, 0.5) is 0 Å². The van der Waals surface area contributed by atoms with Gasteiger partial charge in [0.05, 0.1) is 0 Å². The lowest BCUT2D eigenvalue weighted by molar-refractivity contribution is -0.141. The van der Waals surface area contributed by atoms with Crippen molar-refractivity contribution in [2.45, 2.75) is 40.0 Å². The molecule has 0 spiro atoms. The van der Waals surface area contributed by atoms with Gasteiger partial charge in [0, 0.05) is 32.7 Å². The molecular weight excluding hydrogens is 238 g/mol. The van der Waals surface area contributed by atoms with E-state index in [0.717, 1.165) is 19.5 Å². The van der Waals surface area contributed by atoms with Crippen molar-refractivity contribution in [2.24, 2.45) is 0 Å². The second-order valence-electron chi connectivity index (χ2n) is 4.79. The monoisotopic (exact) mass is 265 g/mol. The predicted octanol–water partition coefficient (Wildman–Crippen LogP) is 3.22. The second kappa shape index (κ2) is 9.08. The molecule has 0 radical (unpaired) electrons. The smallest absolute Gasteiger partial charge is 0.158 e. The first-order valence-electron chi connectivity index (χ1n) is 7.13. The second-order valence-corrected chi connectivity index (χ2v) is 4.79. The van der Waals surface area contributed by atoms with E-state index in [4.69, 9.17) is 9.47 Å². The zero-order chi connectivity index (χ0) is 14.1. The molecule has 19 heavy (non-hydrogen) atoms. The van der Waals surface area contributed by atoms with Crippen LogP contribution in [0.3, 0.4) is 0 Å². The van der Waals surface area contributed by atoms with Gasteiger partial charge < -0.3 is 14.4 Å². The maximum atomic E-state index is 5.56. The lowest BCUT2D eigenvalue weighted by Crippen LogP contribution is -2.26. The van der Waals surface area contributed by atoms with Crippen LogP contribution >= 0.6 is 0 Å². The molecule has 1 aromatic rings. The molecule has 0 aliphatic carbocycles. The Morgan fingerprint density at radius 2 is 1.74 bits per heavy atom. The average Bonchev–Trinajstić information content (AvgIpc) is 2.39. The van der Waals surface area contributed by atoms with Crippen LogP contribution in [-0.4, -0.2) is 38.0 Å². The number of ether oxygens (including phenoxy) is 2. The van der Waals surface area contributed by atoms with Crippen molar-refractivity contribution in [3.05, 3.63) is 35.4 Å². The van der Waals surface area contributed by atoms with E-state index in [1.165, 1.54) is 11.1 Å². The Kier molecular flexibility index (Phi) is 7.72. The fourth-order valence-electron chi connectivity index (χ4n) is 2.07. The average molecular weight is 265 g/mol. The van der Waals surface area contributed by atoms with E-state index in [2.05, 4.69) is 43.1 Å². The van der Waals surface area contributed by atoms with E-state index in [0.29, 0.717) is 13.2 Å². The fourth-order valence-corrected chi connectivity index (χ4v) is 2.07. The molecule has 0 saturated heterocycles. The van der Waals surface area contributed by atoms with E-state index in [1.54, 1.807) is 0 Å². The van der Waals surface area contributed by atoms with Gasteiger partial charge in [0.15, 0.2) is 6.29 Å². The summed E-state index contributed by atoms with van der Waals surface area (Å²) in [5, 5.41) is 0. The Bertz CT molecular complexity index is 348. The fraction of sp³-hybridized carbons (Fsp3) is 0.625. The van der Waals surface area contributed by atoms with Gasteiger partial charge in [-0.3, -0.25) is 0 Å². The first-order valence-corrected chi connectivity index (χ1v) is 7.13.